The van der Waals surface area contributed by atoms with Gasteiger partial charge in [0.1, 0.15) is 5.69 Å². The fraction of sp³-hybridized carbons (Fsp3) is 0.300. The Kier molecular flexibility index (Phi) is 5.25. The predicted molar refractivity (Wildman–Crippen MR) is 106 cm³/mol. The highest BCUT2D eigenvalue weighted by Gasteiger charge is 2.25. The Hall–Kier alpha value is -2.93. The third-order valence-electron chi connectivity index (χ3n) is 4.94. The van der Waals surface area contributed by atoms with Gasteiger partial charge < -0.3 is 15.6 Å². The first-order chi connectivity index (χ1) is 13.6. The third kappa shape index (κ3) is 3.84. The van der Waals surface area contributed by atoms with Crippen molar-refractivity contribution in [3.63, 3.8) is 0 Å². The Morgan fingerprint density at radius 2 is 2.18 bits per heavy atom. The number of benzene rings is 1. The van der Waals surface area contributed by atoms with Gasteiger partial charge in [0.15, 0.2) is 0 Å². The number of aromatic nitrogens is 3. The molecule has 1 aliphatic rings. The zero-order chi connectivity index (χ0) is 19.5. The Labute approximate surface area is 166 Å². The molecule has 3 aromatic rings. The average Bonchev–Trinajstić information content (AvgIpc) is 3.07. The largest absolute Gasteiger partial charge is 0.356 e. The molecule has 1 aromatic carbocycles. The molecule has 1 aliphatic carbocycles. The number of halogens is 1. The molecule has 0 saturated heterocycles. The van der Waals surface area contributed by atoms with Gasteiger partial charge in [-0.1, -0.05) is 11.6 Å². The zero-order valence-electron chi connectivity index (χ0n) is 15.2. The van der Waals surface area contributed by atoms with Gasteiger partial charge >= 0.3 is 0 Å². The van der Waals surface area contributed by atoms with E-state index in [2.05, 4.69) is 25.6 Å². The average molecular weight is 398 g/mol. The number of H-pyrrole nitrogens is 1. The van der Waals surface area contributed by atoms with E-state index in [9.17, 15) is 9.59 Å². The van der Waals surface area contributed by atoms with Crippen LogP contribution < -0.4 is 10.6 Å². The molecule has 3 N–H and O–H groups in total. The molecule has 1 atom stereocenters. The first-order valence-corrected chi connectivity index (χ1v) is 9.63. The van der Waals surface area contributed by atoms with Gasteiger partial charge in [-0.2, -0.15) is 0 Å². The highest BCUT2D eigenvalue weighted by atomic mass is 35.5. The lowest BCUT2D eigenvalue weighted by Gasteiger charge is -2.24. The van der Waals surface area contributed by atoms with Crippen LogP contribution in [0.25, 0.3) is 10.9 Å². The summed E-state index contributed by atoms with van der Waals surface area (Å²) in [5.74, 6) is -0.442. The molecule has 0 unspecified atom stereocenters. The molecule has 0 radical (unpaired) electrons. The number of aryl methyl sites for hydroxylation is 1. The molecule has 2 heterocycles. The highest BCUT2D eigenvalue weighted by Crippen LogP contribution is 2.35. The minimum absolute atomic E-state index is 0.0573. The smallest absolute Gasteiger partial charge is 0.271 e. The van der Waals surface area contributed by atoms with Crippen molar-refractivity contribution >= 4 is 34.3 Å². The molecule has 2 aromatic heterocycles. The normalized spacial score (nSPS) is 15.8. The summed E-state index contributed by atoms with van der Waals surface area (Å²) in [6, 6.07) is 5.74. The summed E-state index contributed by atoms with van der Waals surface area (Å²) < 4.78 is 0. The van der Waals surface area contributed by atoms with E-state index in [0.29, 0.717) is 5.02 Å². The van der Waals surface area contributed by atoms with Crippen LogP contribution in [0.1, 0.15) is 47.1 Å². The van der Waals surface area contributed by atoms with Gasteiger partial charge in [-0.15, -0.1) is 0 Å². The maximum Gasteiger partial charge on any atom is 0.271 e. The lowest BCUT2D eigenvalue weighted by Crippen LogP contribution is -2.34. The van der Waals surface area contributed by atoms with Crippen molar-refractivity contribution in [2.24, 2.45) is 0 Å². The number of nitrogens with zero attached hydrogens (tertiary/aromatic N) is 2. The van der Waals surface area contributed by atoms with Gasteiger partial charge in [-0.05, 0) is 43.0 Å². The zero-order valence-corrected chi connectivity index (χ0v) is 15.9. The summed E-state index contributed by atoms with van der Waals surface area (Å²) in [7, 11) is 0. The van der Waals surface area contributed by atoms with Crippen LogP contribution in [0.4, 0.5) is 0 Å². The van der Waals surface area contributed by atoms with E-state index in [1.807, 2.05) is 18.2 Å². The molecule has 4 rings (SSSR count). The Bertz CT molecular complexity index is 1020. The van der Waals surface area contributed by atoms with Crippen molar-refractivity contribution < 1.29 is 9.59 Å². The first kappa shape index (κ1) is 18.4. The number of hydrogen-bond donors (Lipinski definition) is 3. The van der Waals surface area contributed by atoms with Gasteiger partial charge in [0.05, 0.1) is 12.2 Å². The standard InChI is InChI=1S/C20H20ClN5O2/c21-12-4-5-15-14(10-12)13-2-1-3-16(19(13)26-15)25-18(27)6-7-24-20(28)17-11-22-8-9-23-17/h4-5,8-11,16,26H,1-3,6-7H2,(H,24,28)(H,25,27)/t16-/m1/s1. The Balaban J connectivity index is 1.37. The van der Waals surface area contributed by atoms with Crippen LogP contribution >= 0.6 is 11.6 Å². The number of carbonyl (C=O) groups excluding carboxylic acids is 2. The van der Waals surface area contributed by atoms with E-state index in [4.69, 9.17) is 11.6 Å². The highest BCUT2D eigenvalue weighted by molar-refractivity contribution is 6.31. The summed E-state index contributed by atoms with van der Waals surface area (Å²) in [4.78, 5) is 35.6. The lowest BCUT2D eigenvalue weighted by atomic mass is 9.91. The predicted octanol–water partition coefficient (Wildman–Crippen LogP) is 2.93. The van der Waals surface area contributed by atoms with E-state index in [1.54, 1.807) is 0 Å². The number of nitrogens with one attached hydrogen (secondary N) is 3. The number of amides is 2. The second kappa shape index (κ2) is 7.98. The Morgan fingerprint density at radius 1 is 1.29 bits per heavy atom. The van der Waals surface area contributed by atoms with E-state index in [1.165, 1.54) is 24.2 Å². The van der Waals surface area contributed by atoms with Gasteiger partial charge in [-0.25, -0.2) is 4.98 Å². The number of hydrogen-bond acceptors (Lipinski definition) is 4. The first-order valence-electron chi connectivity index (χ1n) is 9.25. The summed E-state index contributed by atoms with van der Waals surface area (Å²) in [6.07, 6.45) is 7.39. The second-order valence-electron chi connectivity index (χ2n) is 6.82. The molecule has 0 fully saturated rings. The number of carbonyl (C=O) groups is 2. The van der Waals surface area contributed by atoms with Crippen molar-refractivity contribution in [1.82, 2.24) is 25.6 Å². The van der Waals surface area contributed by atoms with Crippen LogP contribution in [0.15, 0.2) is 36.8 Å². The van der Waals surface area contributed by atoms with Crippen molar-refractivity contribution in [3.8, 4) is 0 Å². The molecule has 28 heavy (non-hydrogen) atoms. The SMILES string of the molecule is O=C(CCNC(=O)c1cnccn1)N[C@@H]1CCCc2c1[nH]c1ccc(Cl)cc21. The number of fused-ring (bicyclic) bond motifs is 3. The molecule has 7 nitrogen and oxygen atoms in total. The molecule has 2 amide bonds. The maximum atomic E-state index is 12.4. The fourth-order valence-electron chi connectivity index (χ4n) is 3.64. The van der Waals surface area contributed by atoms with Gasteiger partial charge in [-0.3, -0.25) is 14.6 Å². The van der Waals surface area contributed by atoms with E-state index < -0.39 is 0 Å². The topological polar surface area (TPSA) is 99.8 Å². The van der Waals surface area contributed by atoms with E-state index in [-0.39, 0.29) is 36.5 Å². The molecule has 0 saturated carbocycles. The molecule has 0 aliphatic heterocycles. The summed E-state index contributed by atoms with van der Waals surface area (Å²) in [5, 5.41) is 7.60. The van der Waals surface area contributed by atoms with Crippen LogP contribution in [0.3, 0.4) is 0 Å². The van der Waals surface area contributed by atoms with Gasteiger partial charge in [0.25, 0.3) is 5.91 Å². The van der Waals surface area contributed by atoms with Crippen molar-refractivity contribution in [2.75, 3.05) is 6.54 Å². The van der Waals surface area contributed by atoms with Crippen molar-refractivity contribution in [3.05, 3.63) is 58.8 Å². The van der Waals surface area contributed by atoms with Gasteiger partial charge in [0.2, 0.25) is 5.91 Å². The third-order valence-corrected chi connectivity index (χ3v) is 5.17. The molecule has 0 spiro atoms. The molecule has 8 heteroatoms. The summed E-state index contributed by atoms with van der Waals surface area (Å²) in [6.45, 7) is 0.239. The maximum absolute atomic E-state index is 12.4. The summed E-state index contributed by atoms with van der Waals surface area (Å²) in [5.41, 5.74) is 3.55. The van der Waals surface area contributed by atoms with Crippen LogP contribution in [-0.2, 0) is 11.2 Å². The number of rotatable bonds is 5. The Morgan fingerprint density at radius 3 is 3.00 bits per heavy atom. The van der Waals surface area contributed by atoms with Crippen LogP contribution in [0.5, 0.6) is 0 Å². The minimum atomic E-state index is -0.339. The monoisotopic (exact) mass is 397 g/mol. The van der Waals surface area contributed by atoms with Crippen LogP contribution in [-0.4, -0.2) is 33.3 Å². The quantitative estimate of drug-likeness (QED) is 0.616. The summed E-state index contributed by atoms with van der Waals surface area (Å²) >= 11 is 6.14. The second-order valence-corrected chi connectivity index (χ2v) is 7.25. The molecular weight excluding hydrogens is 378 g/mol. The van der Waals surface area contributed by atoms with Crippen molar-refractivity contribution in [1.29, 1.82) is 0 Å². The molecule has 0 bridgehead atoms. The molecular formula is C20H20ClN5O2. The van der Waals surface area contributed by atoms with Crippen LogP contribution in [0.2, 0.25) is 5.02 Å². The lowest BCUT2D eigenvalue weighted by molar-refractivity contribution is -0.121. The van der Waals surface area contributed by atoms with E-state index in [0.717, 1.165) is 35.9 Å². The number of aromatic amines is 1. The van der Waals surface area contributed by atoms with Crippen LogP contribution in [0, 0.1) is 0 Å². The van der Waals surface area contributed by atoms with Crippen molar-refractivity contribution in [2.45, 2.75) is 31.7 Å². The van der Waals surface area contributed by atoms with Gasteiger partial charge in [0, 0.05) is 47.0 Å². The fourth-order valence-corrected chi connectivity index (χ4v) is 3.81. The molecule has 144 valence electrons. The minimum Gasteiger partial charge on any atom is -0.356 e. The van der Waals surface area contributed by atoms with E-state index >= 15 is 0 Å².